The molecule has 1 spiro atoms. The highest BCUT2D eigenvalue weighted by Crippen LogP contribution is 2.42. The number of rotatable bonds is 5. The highest BCUT2D eigenvalue weighted by molar-refractivity contribution is 6.39. The summed E-state index contributed by atoms with van der Waals surface area (Å²) in [6, 6.07) is -1.21. The molecule has 326 valence electrons. The maximum absolute atomic E-state index is 14.2. The number of allylic oxidation sites excluding steroid dienone is 3. The monoisotopic (exact) mass is 817 g/mol. The number of carbonyl (C=O) groups excluding carboxylic acids is 5. The van der Waals surface area contributed by atoms with Crippen molar-refractivity contribution in [3.05, 3.63) is 35.5 Å². The molecule has 2 fully saturated rings. The van der Waals surface area contributed by atoms with Crippen LogP contribution in [-0.2, 0) is 47.7 Å². The van der Waals surface area contributed by atoms with Gasteiger partial charge in [0.15, 0.2) is 5.60 Å². The first-order valence-corrected chi connectivity index (χ1v) is 20.9. The molecule has 1 saturated carbocycles. The van der Waals surface area contributed by atoms with Crippen LogP contribution in [0, 0.1) is 23.7 Å². The number of amides is 1. The minimum absolute atomic E-state index is 0.0174. The second-order valence-corrected chi connectivity index (χ2v) is 17.4. The topological polar surface area (TPSA) is 195 Å². The number of ether oxygens (including phenoxy) is 5. The van der Waals surface area contributed by atoms with Crippen molar-refractivity contribution in [1.29, 1.82) is 0 Å². The number of methoxy groups -OCH3 is 3. The fourth-order valence-electron chi connectivity index (χ4n) is 9.19. The lowest BCUT2D eigenvalue weighted by Crippen LogP contribution is -2.58. The predicted molar refractivity (Wildman–Crippen MR) is 213 cm³/mol. The predicted octanol–water partition coefficient (Wildman–Crippen LogP) is 4.31. The van der Waals surface area contributed by atoms with Crippen LogP contribution in [0.15, 0.2) is 35.5 Å². The SMILES string of the molecule is COC1CC(C)C(O)(O)C(=O)C(=O)N2CCCCC2C(=O)O[C@H](/C(C)=C/C2CCC3(C=CC(=O)O3)C(OC)C2)[C@H](C)C(O)CC(=O)C/C=C(\C)CC(C)C[C@H](OC)C1. The van der Waals surface area contributed by atoms with Crippen LogP contribution in [-0.4, -0.2) is 125 Å². The Hall–Kier alpha value is -3.27. The van der Waals surface area contributed by atoms with Crippen molar-refractivity contribution in [3.63, 3.8) is 0 Å². The summed E-state index contributed by atoms with van der Waals surface area (Å²) in [5.41, 5.74) is 0.768. The molecule has 1 saturated heterocycles. The molecular weight excluding hydrogens is 750 g/mol. The number of piperidine rings is 1. The van der Waals surface area contributed by atoms with Crippen LogP contribution in [0.4, 0.5) is 0 Å². The normalized spacial score (nSPS) is 37.8. The number of aliphatic hydroxyl groups is 3. The van der Waals surface area contributed by atoms with Gasteiger partial charge < -0.3 is 43.9 Å². The molecule has 14 nitrogen and oxygen atoms in total. The molecule has 14 heteroatoms. The van der Waals surface area contributed by atoms with Gasteiger partial charge in [-0.15, -0.1) is 0 Å². The Bertz CT molecular complexity index is 1570. The van der Waals surface area contributed by atoms with Crippen molar-refractivity contribution in [1.82, 2.24) is 4.90 Å². The Morgan fingerprint density at radius 1 is 0.914 bits per heavy atom. The van der Waals surface area contributed by atoms with E-state index < -0.39 is 77.3 Å². The molecule has 3 N–H and O–H groups in total. The third-order valence-corrected chi connectivity index (χ3v) is 12.8. The van der Waals surface area contributed by atoms with Crippen LogP contribution < -0.4 is 0 Å². The summed E-state index contributed by atoms with van der Waals surface area (Å²) >= 11 is 0. The van der Waals surface area contributed by atoms with Crippen LogP contribution in [0.3, 0.4) is 0 Å². The number of esters is 2. The van der Waals surface area contributed by atoms with Gasteiger partial charge in [0.25, 0.3) is 11.7 Å². The van der Waals surface area contributed by atoms with E-state index in [-0.39, 0.29) is 56.0 Å². The van der Waals surface area contributed by atoms with Gasteiger partial charge in [-0.25, -0.2) is 9.59 Å². The lowest BCUT2D eigenvalue weighted by Gasteiger charge is -2.41. The second kappa shape index (κ2) is 20.8. The van der Waals surface area contributed by atoms with Crippen LogP contribution >= 0.6 is 0 Å². The standard InChI is InChI=1S/C44H67NO13/c1-26-12-13-32(46)24-36(47)30(5)39(28(3)21-31-14-16-43(37(23-31)56-8)17-15-38(48)58-43)57-42(51)35-11-9-10-18-45(35)41(50)40(49)44(52,53)29(4)22-34(55-7)25-33(54-6)20-27(2)19-26/h12,15,17,21,27,29-31,33-37,39,47,52-53H,9-11,13-14,16,18-20,22-25H2,1-8H3/b26-12+,28-21+/t27?,29?,30-,31?,33+,34?,35?,36?,37?,39-,43?/m1/s1. The number of hydrogen-bond donors (Lipinski definition) is 3. The fourth-order valence-corrected chi connectivity index (χ4v) is 9.19. The van der Waals surface area contributed by atoms with E-state index in [1.54, 1.807) is 34.1 Å². The number of cyclic esters (lactones) is 1. The first-order valence-electron chi connectivity index (χ1n) is 20.9. The molecule has 58 heavy (non-hydrogen) atoms. The molecule has 0 bridgehead atoms. The summed E-state index contributed by atoms with van der Waals surface area (Å²) in [4.78, 5) is 68.1. The lowest BCUT2D eigenvalue weighted by atomic mass is 9.75. The minimum atomic E-state index is -3.05. The van der Waals surface area contributed by atoms with Gasteiger partial charge in [-0.1, -0.05) is 38.5 Å². The molecule has 8 unspecified atom stereocenters. The molecule has 0 aromatic heterocycles. The van der Waals surface area contributed by atoms with E-state index in [0.717, 1.165) is 10.5 Å². The number of ketones is 2. The summed E-state index contributed by atoms with van der Waals surface area (Å²) < 4.78 is 29.1. The first-order chi connectivity index (χ1) is 27.3. The molecule has 4 rings (SSSR count). The number of Topliss-reactive ketones (excluding diaryl/α,β-unsaturated/α-hetero) is 2. The number of nitrogens with zero attached hydrogens (tertiary/aromatic N) is 1. The Kier molecular flexibility index (Phi) is 17.0. The van der Waals surface area contributed by atoms with Gasteiger partial charge in [-0.3, -0.25) is 14.4 Å². The van der Waals surface area contributed by atoms with Crippen molar-refractivity contribution < 1.29 is 63.0 Å². The van der Waals surface area contributed by atoms with Gasteiger partial charge in [-0.2, -0.15) is 0 Å². The highest BCUT2D eigenvalue weighted by Gasteiger charge is 2.50. The van der Waals surface area contributed by atoms with Crippen molar-refractivity contribution in [2.45, 2.75) is 160 Å². The van der Waals surface area contributed by atoms with Crippen molar-refractivity contribution in [2.75, 3.05) is 27.9 Å². The van der Waals surface area contributed by atoms with Crippen molar-refractivity contribution in [3.8, 4) is 0 Å². The zero-order valence-electron chi connectivity index (χ0n) is 35.6. The summed E-state index contributed by atoms with van der Waals surface area (Å²) in [6.45, 7) is 9.00. The average Bonchev–Trinajstić information content (AvgIpc) is 3.57. The quantitative estimate of drug-likeness (QED) is 0.154. The molecule has 1 aliphatic carbocycles. The Morgan fingerprint density at radius 2 is 1.60 bits per heavy atom. The largest absolute Gasteiger partial charge is 0.456 e. The summed E-state index contributed by atoms with van der Waals surface area (Å²) in [7, 11) is 4.65. The zero-order chi connectivity index (χ0) is 42.9. The number of hydrogen-bond acceptors (Lipinski definition) is 13. The molecule has 0 aromatic rings. The molecule has 0 aromatic carbocycles. The number of aliphatic hydroxyl groups excluding tert-OH is 1. The van der Waals surface area contributed by atoms with Crippen LogP contribution in [0.25, 0.3) is 0 Å². The third-order valence-electron chi connectivity index (χ3n) is 12.8. The van der Waals surface area contributed by atoms with E-state index in [9.17, 15) is 39.3 Å². The van der Waals surface area contributed by atoms with E-state index in [1.807, 2.05) is 19.1 Å². The fraction of sp³-hybridized carbons (Fsp3) is 0.750. The van der Waals surface area contributed by atoms with Crippen LogP contribution in [0.5, 0.6) is 0 Å². The highest BCUT2D eigenvalue weighted by atomic mass is 16.6. The summed E-state index contributed by atoms with van der Waals surface area (Å²) in [5.74, 6) is -8.91. The van der Waals surface area contributed by atoms with E-state index in [2.05, 4.69) is 6.92 Å². The van der Waals surface area contributed by atoms with E-state index in [1.165, 1.54) is 20.1 Å². The maximum atomic E-state index is 14.2. The van der Waals surface area contributed by atoms with Crippen LogP contribution in [0.1, 0.15) is 112 Å². The van der Waals surface area contributed by atoms with Gasteiger partial charge >= 0.3 is 11.9 Å². The molecule has 11 atom stereocenters. The van der Waals surface area contributed by atoms with E-state index >= 15 is 0 Å². The summed E-state index contributed by atoms with van der Waals surface area (Å²) in [6.07, 6.45) is 8.10. The van der Waals surface area contributed by atoms with E-state index in [4.69, 9.17) is 23.7 Å². The van der Waals surface area contributed by atoms with Gasteiger partial charge in [0.05, 0.1) is 18.3 Å². The smallest absolute Gasteiger partial charge is 0.331 e. The zero-order valence-corrected chi connectivity index (χ0v) is 35.6. The third kappa shape index (κ3) is 11.7. The Balaban J connectivity index is 1.67. The summed E-state index contributed by atoms with van der Waals surface area (Å²) in [5, 5.41) is 33.9. The Labute approximate surface area is 343 Å². The molecule has 3 heterocycles. The van der Waals surface area contributed by atoms with E-state index in [0.29, 0.717) is 56.9 Å². The molecule has 1 amide bonds. The van der Waals surface area contributed by atoms with Gasteiger partial charge in [-0.05, 0) is 102 Å². The van der Waals surface area contributed by atoms with Gasteiger partial charge in [0.2, 0.25) is 5.79 Å². The number of fused-ring (bicyclic) bond motifs is 1. The lowest BCUT2D eigenvalue weighted by molar-refractivity contribution is -0.208. The van der Waals surface area contributed by atoms with Crippen molar-refractivity contribution >= 4 is 29.4 Å². The van der Waals surface area contributed by atoms with Crippen LogP contribution in [0.2, 0.25) is 0 Å². The molecular formula is C44H67NO13. The molecule has 3 aliphatic heterocycles. The van der Waals surface area contributed by atoms with Crippen molar-refractivity contribution in [2.24, 2.45) is 23.7 Å². The number of carbonyl (C=O) groups is 5. The molecule has 0 radical (unpaired) electrons. The second-order valence-electron chi connectivity index (χ2n) is 17.4. The first kappa shape index (κ1) is 47.4. The minimum Gasteiger partial charge on any atom is -0.456 e. The average molecular weight is 818 g/mol. The van der Waals surface area contributed by atoms with Gasteiger partial charge in [0.1, 0.15) is 24.0 Å². The Morgan fingerprint density at radius 3 is 2.24 bits per heavy atom. The van der Waals surface area contributed by atoms with Gasteiger partial charge in [0, 0.05) is 58.6 Å². The maximum Gasteiger partial charge on any atom is 0.331 e. The molecule has 4 aliphatic rings.